The van der Waals surface area contributed by atoms with Crippen molar-refractivity contribution in [3.8, 4) is 5.88 Å². The monoisotopic (exact) mass is 633 g/mol. The summed E-state index contributed by atoms with van der Waals surface area (Å²) in [6.07, 6.45) is 2.20. The van der Waals surface area contributed by atoms with Crippen LogP contribution in [0.5, 0.6) is 5.88 Å². The van der Waals surface area contributed by atoms with E-state index in [0.29, 0.717) is 32.0 Å². The van der Waals surface area contributed by atoms with Crippen molar-refractivity contribution in [3.05, 3.63) is 42.0 Å². The molecule has 2 fully saturated rings. The third-order valence-electron chi connectivity index (χ3n) is 8.52. The summed E-state index contributed by atoms with van der Waals surface area (Å²) in [5.74, 6) is 0.406. The molecule has 44 heavy (non-hydrogen) atoms. The molecule has 12 nitrogen and oxygen atoms in total. The van der Waals surface area contributed by atoms with Crippen LogP contribution in [0, 0.1) is 18.8 Å². The maximum absolute atomic E-state index is 13.5. The molecule has 0 radical (unpaired) electrons. The van der Waals surface area contributed by atoms with Crippen molar-refractivity contribution >= 4 is 34.0 Å². The van der Waals surface area contributed by atoms with E-state index in [1.54, 1.807) is 39.2 Å². The number of methoxy groups -OCH3 is 1. The number of esters is 1. The number of hydrogen-bond acceptors (Lipinski definition) is 11. The van der Waals surface area contributed by atoms with Crippen LogP contribution in [0.1, 0.15) is 45.1 Å². The van der Waals surface area contributed by atoms with Gasteiger partial charge in [-0.2, -0.15) is 13.4 Å². The highest BCUT2D eigenvalue weighted by Gasteiger charge is 2.44. The minimum absolute atomic E-state index is 0.0533. The molecule has 2 aliphatic rings. The zero-order chi connectivity index (χ0) is 31.9. The van der Waals surface area contributed by atoms with Crippen molar-refractivity contribution in [2.45, 2.75) is 63.0 Å². The molecule has 1 aliphatic heterocycles. The van der Waals surface area contributed by atoms with E-state index in [1.807, 2.05) is 13.0 Å². The van der Waals surface area contributed by atoms with Crippen LogP contribution in [0.4, 0.5) is 11.5 Å². The molecule has 0 unspecified atom stereocenters. The third-order valence-corrected chi connectivity index (χ3v) is 9.84. The van der Waals surface area contributed by atoms with Gasteiger partial charge in [-0.1, -0.05) is 31.5 Å². The summed E-state index contributed by atoms with van der Waals surface area (Å²) in [4.78, 5) is 34.2. The maximum Gasteiger partial charge on any atom is 0.332 e. The molecule has 2 aromatic rings. The van der Waals surface area contributed by atoms with Crippen LogP contribution in [-0.2, 0) is 33.4 Å². The van der Waals surface area contributed by atoms with Gasteiger partial charge in [0.15, 0.2) is 0 Å². The first-order valence-electron chi connectivity index (χ1n) is 15.0. The molecule has 2 heterocycles. The lowest BCUT2D eigenvalue weighted by atomic mass is 9.90. The van der Waals surface area contributed by atoms with E-state index in [4.69, 9.17) is 23.4 Å². The fourth-order valence-electron chi connectivity index (χ4n) is 5.26. The van der Waals surface area contributed by atoms with E-state index < -0.39 is 21.6 Å². The number of pyridine rings is 1. The van der Waals surface area contributed by atoms with Gasteiger partial charge in [-0.05, 0) is 62.3 Å². The number of hydrogen-bond donors (Lipinski definition) is 1. The molecule has 242 valence electrons. The zero-order valence-corrected chi connectivity index (χ0v) is 26.6. The average molecular weight is 634 g/mol. The first kappa shape index (κ1) is 33.6. The Labute approximate surface area is 259 Å². The Hall–Kier alpha value is -3.26. The second-order valence-electron chi connectivity index (χ2n) is 11.3. The Kier molecular flexibility index (Phi) is 11.2. The lowest BCUT2D eigenvalue weighted by Gasteiger charge is -2.41. The molecule has 1 saturated heterocycles. The van der Waals surface area contributed by atoms with Crippen LogP contribution in [0.3, 0.4) is 0 Å². The van der Waals surface area contributed by atoms with Crippen LogP contribution in [-0.4, -0.2) is 89.2 Å². The third kappa shape index (κ3) is 7.51. The molecule has 13 heteroatoms. The second-order valence-corrected chi connectivity index (χ2v) is 12.9. The number of aryl methyl sites for hydroxylation is 1. The van der Waals surface area contributed by atoms with E-state index in [-0.39, 0.29) is 67.7 Å². The van der Waals surface area contributed by atoms with Gasteiger partial charge < -0.3 is 24.2 Å². The molecule has 0 bridgehead atoms. The number of nitrogens with zero attached hydrogens (tertiary/aromatic N) is 3. The lowest BCUT2D eigenvalue weighted by molar-refractivity contribution is -0.151. The number of aliphatic hydroxyl groups is 1. The largest absolute Gasteiger partial charge is 0.476 e. The molecule has 0 spiro atoms. The lowest BCUT2D eigenvalue weighted by Crippen LogP contribution is -2.55. The van der Waals surface area contributed by atoms with Gasteiger partial charge in [0, 0.05) is 33.2 Å². The van der Waals surface area contributed by atoms with E-state index in [9.17, 15) is 23.1 Å². The van der Waals surface area contributed by atoms with Crippen molar-refractivity contribution in [1.82, 2.24) is 4.98 Å². The molecule has 1 N–H and O–H groups in total. The number of anilines is 2. The summed E-state index contributed by atoms with van der Waals surface area (Å²) in [5.41, 5.74) is 0.339. The van der Waals surface area contributed by atoms with Gasteiger partial charge in [0.1, 0.15) is 17.0 Å². The highest BCUT2D eigenvalue weighted by atomic mass is 32.2. The normalized spacial score (nSPS) is 18.4. The summed E-state index contributed by atoms with van der Waals surface area (Å²) >= 11 is 0. The highest BCUT2D eigenvalue weighted by Crippen LogP contribution is 2.40. The minimum Gasteiger partial charge on any atom is -0.476 e. The summed E-state index contributed by atoms with van der Waals surface area (Å²) < 4.78 is 47.1. The summed E-state index contributed by atoms with van der Waals surface area (Å²) in [6, 6.07) is 9.83. The van der Waals surface area contributed by atoms with Crippen molar-refractivity contribution in [3.63, 3.8) is 0 Å². The minimum atomic E-state index is -3.93. The van der Waals surface area contributed by atoms with Crippen molar-refractivity contribution in [2.75, 3.05) is 56.4 Å². The molecular formula is C31H43N3O9S. The number of ether oxygens (including phenoxy) is 3. The van der Waals surface area contributed by atoms with Crippen LogP contribution in [0.25, 0.3) is 0 Å². The van der Waals surface area contributed by atoms with Gasteiger partial charge in [0.05, 0.1) is 30.8 Å². The molecule has 1 saturated carbocycles. The molecule has 1 amide bonds. The Morgan fingerprint density at radius 3 is 2.41 bits per heavy atom. The fourth-order valence-corrected chi connectivity index (χ4v) is 6.21. The number of amides is 1. The quantitative estimate of drug-likeness (QED) is 0.112. The molecular weight excluding hydrogens is 590 g/mol. The van der Waals surface area contributed by atoms with Gasteiger partial charge in [0.2, 0.25) is 12.3 Å². The van der Waals surface area contributed by atoms with Crippen LogP contribution < -0.4 is 14.5 Å². The Morgan fingerprint density at radius 2 is 1.82 bits per heavy atom. The number of aromatic nitrogens is 1. The molecule has 2 atom stereocenters. The molecule has 1 aliphatic carbocycles. The van der Waals surface area contributed by atoms with E-state index >= 15 is 0 Å². The topological polar surface area (TPSA) is 145 Å². The van der Waals surface area contributed by atoms with Gasteiger partial charge in [0.25, 0.3) is 10.1 Å². The van der Waals surface area contributed by atoms with Crippen molar-refractivity contribution in [1.29, 1.82) is 0 Å². The highest BCUT2D eigenvalue weighted by molar-refractivity contribution is 7.86. The van der Waals surface area contributed by atoms with Crippen molar-refractivity contribution < 1.29 is 41.5 Å². The summed E-state index contributed by atoms with van der Waals surface area (Å²) in [5, 5.41) is 9.43. The smallest absolute Gasteiger partial charge is 0.332 e. The standard InChI is InChI=1S/C31H43N3O9S/c1-5-31(6-2,30(37)41-14-7-15-43-44(38,39)26-10-8-22(3)9-11-26)34(21-36)28-13-12-27(33-17-25(18-33)40-4)29(32-28)42-20-24-16-23(24)19-35/h8-13,21,23-25,35H,5-7,14-20H2,1-4H3/t23-,24-/m1/s1. The number of rotatable bonds is 18. The van der Waals surface area contributed by atoms with Gasteiger partial charge in [-0.25, -0.2) is 4.79 Å². The van der Waals surface area contributed by atoms with Gasteiger partial charge >= 0.3 is 5.97 Å². The molecule has 1 aromatic heterocycles. The number of benzene rings is 1. The number of carbonyl (C=O) groups is 2. The molecule has 1 aromatic carbocycles. The SMILES string of the molecule is CCC(CC)(C(=O)OCCCOS(=O)(=O)c1ccc(C)cc1)N(C=O)c1ccc(N2CC(OC)C2)c(OC[C@H]2C[C@@H]2CO)n1. The summed E-state index contributed by atoms with van der Waals surface area (Å²) in [6.45, 7) is 7.00. The predicted octanol–water partition coefficient (Wildman–Crippen LogP) is 3.09. The Balaban J connectivity index is 1.44. The number of carbonyl (C=O) groups excluding carboxylic acids is 2. The Morgan fingerprint density at radius 1 is 1.11 bits per heavy atom. The fraction of sp³-hybridized carbons (Fsp3) is 0.581. The second kappa shape index (κ2) is 14.7. The van der Waals surface area contributed by atoms with Crippen molar-refractivity contribution in [2.24, 2.45) is 11.8 Å². The van der Waals surface area contributed by atoms with E-state index in [1.165, 1.54) is 17.0 Å². The maximum atomic E-state index is 13.5. The van der Waals surface area contributed by atoms with Crippen LogP contribution >= 0.6 is 0 Å². The van der Waals surface area contributed by atoms with Crippen LogP contribution in [0.15, 0.2) is 41.3 Å². The van der Waals surface area contributed by atoms with Crippen LogP contribution in [0.2, 0.25) is 0 Å². The predicted molar refractivity (Wildman–Crippen MR) is 163 cm³/mol. The number of aliphatic hydroxyl groups excluding tert-OH is 1. The van der Waals surface area contributed by atoms with E-state index in [2.05, 4.69) is 4.90 Å². The average Bonchev–Trinajstić information content (AvgIpc) is 3.77. The first-order chi connectivity index (χ1) is 21.1. The van der Waals surface area contributed by atoms with Gasteiger partial charge in [-0.3, -0.25) is 13.9 Å². The van der Waals surface area contributed by atoms with Gasteiger partial charge in [-0.15, -0.1) is 0 Å². The zero-order valence-electron chi connectivity index (χ0n) is 25.8. The Bertz CT molecular complexity index is 1380. The summed E-state index contributed by atoms with van der Waals surface area (Å²) in [7, 11) is -2.27. The van der Waals surface area contributed by atoms with E-state index in [0.717, 1.165) is 17.7 Å². The molecule has 4 rings (SSSR count). The first-order valence-corrected chi connectivity index (χ1v) is 16.4.